The first-order chi connectivity index (χ1) is 10.1. The quantitative estimate of drug-likeness (QED) is 0.885. The number of carbonyl (C=O) groups is 1. The zero-order chi connectivity index (χ0) is 15.2. The Hall–Kier alpha value is -2.17. The topological polar surface area (TPSA) is 59.8 Å². The second-order valence-corrected chi connectivity index (χ2v) is 5.10. The number of carbonyl (C=O) groups excluding carboxylic acids is 1. The van der Waals surface area contributed by atoms with E-state index >= 15 is 0 Å². The van der Waals surface area contributed by atoms with Crippen LogP contribution in [-0.2, 0) is 24.3 Å². The standard InChI is InChI=1S/C16H22N4O/c1-4-20-13(3)15(12(2)19-20)5-6-16(21)18-11-14-7-9-17-10-8-14/h7-10H,4-6,11H2,1-3H3,(H,18,21). The summed E-state index contributed by atoms with van der Waals surface area (Å²) in [5, 5.41) is 7.41. The van der Waals surface area contributed by atoms with E-state index in [1.807, 2.05) is 23.7 Å². The minimum absolute atomic E-state index is 0.0647. The van der Waals surface area contributed by atoms with E-state index in [4.69, 9.17) is 0 Å². The Kier molecular flexibility index (Phi) is 5.09. The summed E-state index contributed by atoms with van der Waals surface area (Å²) in [7, 11) is 0. The van der Waals surface area contributed by atoms with Gasteiger partial charge in [-0.25, -0.2) is 0 Å². The van der Waals surface area contributed by atoms with Gasteiger partial charge in [-0.05, 0) is 50.5 Å². The summed E-state index contributed by atoms with van der Waals surface area (Å²) in [5.41, 5.74) is 4.44. The fourth-order valence-corrected chi connectivity index (χ4v) is 2.43. The van der Waals surface area contributed by atoms with Crippen LogP contribution in [0.5, 0.6) is 0 Å². The molecule has 2 aromatic heterocycles. The van der Waals surface area contributed by atoms with Crippen molar-refractivity contribution < 1.29 is 4.79 Å². The lowest BCUT2D eigenvalue weighted by molar-refractivity contribution is -0.121. The van der Waals surface area contributed by atoms with E-state index in [0.717, 1.165) is 29.9 Å². The molecule has 5 heteroatoms. The smallest absolute Gasteiger partial charge is 0.220 e. The fourth-order valence-electron chi connectivity index (χ4n) is 2.43. The number of hydrogen-bond donors (Lipinski definition) is 1. The second-order valence-electron chi connectivity index (χ2n) is 5.10. The molecule has 0 fully saturated rings. The van der Waals surface area contributed by atoms with Gasteiger partial charge in [0.15, 0.2) is 0 Å². The monoisotopic (exact) mass is 286 g/mol. The third-order valence-corrected chi connectivity index (χ3v) is 3.67. The molecule has 2 aromatic rings. The van der Waals surface area contributed by atoms with Gasteiger partial charge < -0.3 is 5.32 Å². The van der Waals surface area contributed by atoms with E-state index in [1.165, 1.54) is 5.56 Å². The van der Waals surface area contributed by atoms with Crippen LogP contribution in [0.3, 0.4) is 0 Å². The first-order valence-electron chi connectivity index (χ1n) is 7.30. The van der Waals surface area contributed by atoms with Gasteiger partial charge in [0, 0.05) is 37.6 Å². The zero-order valence-corrected chi connectivity index (χ0v) is 12.9. The molecule has 1 N–H and O–H groups in total. The Morgan fingerprint density at radius 2 is 2.00 bits per heavy atom. The largest absolute Gasteiger partial charge is 0.352 e. The van der Waals surface area contributed by atoms with E-state index in [-0.39, 0.29) is 5.91 Å². The molecule has 1 amide bonds. The molecule has 5 nitrogen and oxygen atoms in total. The van der Waals surface area contributed by atoms with Crippen molar-refractivity contribution in [3.05, 3.63) is 47.0 Å². The summed E-state index contributed by atoms with van der Waals surface area (Å²) >= 11 is 0. The summed E-state index contributed by atoms with van der Waals surface area (Å²) < 4.78 is 1.99. The summed E-state index contributed by atoms with van der Waals surface area (Å²) in [5.74, 6) is 0.0647. The molecule has 0 aromatic carbocycles. The van der Waals surface area contributed by atoms with Gasteiger partial charge in [0.1, 0.15) is 0 Å². The first-order valence-corrected chi connectivity index (χ1v) is 7.30. The molecule has 2 rings (SSSR count). The molecule has 0 radical (unpaired) electrons. The van der Waals surface area contributed by atoms with Crippen molar-refractivity contribution >= 4 is 5.91 Å². The van der Waals surface area contributed by atoms with Gasteiger partial charge in [-0.1, -0.05) is 0 Å². The molecule has 0 aliphatic carbocycles. The first kappa shape index (κ1) is 15.2. The minimum Gasteiger partial charge on any atom is -0.352 e. The maximum Gasteiger partial charge on any atom is 0.220 e. The van der Waals surface area contributed by atoms with Gasteiger partial charge in [0.2, 0.25) is 5.91 Å². The Labute approximate surface area is 125 Å². The molecule has 0 atom stereocenters. The van der Waals surface area contributed by atoms with Gasteiger partial charge in [0.05, 0.1) is 5.69 Å². The highest BCUT2D eigenvalue weighted by Crippen LogP contribution is 2.15. The number of nitrogens with zero attached hydrogens (tertiary/aromatic N) is 3. The summed E-state index contributed by atoms with van der Waals surface area (Å²) in [6.07, 6.45) is 4.68. The van der Waals surface area contributed by atoms with E-state index in [2.05, 4.69) is 29.2 Å². The summed E-state index contributed by atoms with van der Waals surface area (Å²) in [4.78, 5) is 15.9. The van der Waals surface area contributed by atoms with Crippen molar-refractivity contribution in [2.75, 3.05) is 0 Å². The van der Waals surface area contributed by atoms with Crippen molar-refractivity contribution in [2.45, 2.75) is 46.7 Å². The van der Waals surface area contributed by atoms with Gasteiger partial charge in [0.25, 0.3) is 0 Å². The number of hydrogen-bond acceptors (Lipinski definition) is 3. The molecule has 0 aliphatic heterocycles. The average Bonchev–Trinajstić information content (AvgIpc) is 2.78. The van der Waals surface area contributed by atoms with Crippen molar-refractivity contribution in [1.82, 2.24) is 20.1 Å². The van der Waals surface area contributed by atoms with E-state index in [9.17, 15) is 4.79 Å². The van der Waals surface area contributed by atoms with Gasteiger partial charge in [-0.3, -0.25) is 14.5 Å². The molecule has 112 valence electrons. The van der Waals surface area contributed by atoms with Gasteiger partial charge in [-0.2, -0.15) is 5.10 Å². The molecule has 0 bridgehead atoms. The van der Waals surface area contributed by atoms with Crippen molar-refractivity contribution in [3.63, 3.8) is 0 Å². The van der Waals surface area contributed by atoms with Crippen LogP contribution in [-0.4, -0.2) is 20.7 Å². The van der Waals surface area contributed by atoms with Crippen molar-refractivity contribution in [1.29, 1.82) is 0 Å². The third kappa shape index (κ3) is 3.90. The lowest BCUT2D eigenvalue weighted by Gasteiger charge is -2.06. The SMILES string of the molecule is CCn1nc(C)c(CCC(=O)NCc2ccncc2)c1C. The highest BCUT2D eigenvalue weighted by Gasteiger charge is 2.12. The maximum atomic E-state index is 11.9. The molecule has 21 heavy (non-hydrogen) atoms. The molecule has 0 unspecified atom stereocenters. The normalized spacial score (nSPS) is 10.6. The number of pyridine rings is 1. The van der Waals surface area contributed by atoms with Crippen LogP contribution < -0.4 is 5.32 Å². The lowest BCUT2D eigenvalue weighted by Crippen LogP contribution is -2.23. The Morgan fingerprint density at radius 3 is 2.62 bits per heavy atom. The number of nitrogens with one attached hydrogen (secondary N) is 1. The molecule has 0 saturated heterocycles. The fraction of sp³-hybridized carbons (Fsp3) is 0.438. The van der Waals surface area contributed by atoms with Crippen LogP contribution in [0.25, 0.3) is 0 Å². The van der Waals surface area contributed by atoms with Crippen molar-refractivity contribution in [2.24, 2.45) is 0 Å². The maximum absolute atomic E-state index is 11.9. The third-order valence-electron chi connectivity index (χ3n) is 3.67. The van der Waals surface area contributed by atoms with E-state index in [1.54, 1.807) is 12.4 Å². The average molecular weight is 286 g/mol. The van der Waals surface area contributed by atoms with Crippen LogP contribution in [0.15, 0.2) is 24.5 Å². The van der Waals surface area contributed by atoms with Crippen LogP contribution in [0.4, 0.5) is 0 Å². The van der Waals surface area contributed by atoms with Gasteiger partial charge in [-0.15, -0.1) is 0 Å². The zero-order valence-electron chi connectivity index (χ0n) is 12.9. The highest BCUT2D eigenvalue weighted by atomic mass is 16.1. The van der Waals surface area contributed by atoms with E-state index < -0.39 is 0 Å². The predicted octanol–water partition coefficient (Wildman–Crippen LogP) is 2.16. The number of amides is 1. The van der Waals surface area contributed by atoms with Gasteiger partial charge >= 0.3 is 0 Å². The van der Waals surface area contributed by atoms with Crippen LogP contribution in [0.1, 0.15) is 35.9 Å². The Morgan fingerprint density at radius 1 is 1.29 bits per heavy atom. The molecule has 0 spiro atoms. The predicted molar refractivity (Wildman–Crippen MR) is 81.8 cm³/mol. The number of aryl methyl sites for hydroxylation is 2. The van der Waals surface area contributed by atoms with Crippen LogP contribution in [0.2, 0.25) is 0 Å². The molecule has 0 saturated carbocycles. The van der Waals surface area contributed by atoms with Crippen LogP contribution in [0, 0.1) is 13.8 Å². The second kappa shape index (κ2) is 7.02. The molecule has 2 heterocycles. The number of aromatic nitrogens is 3. The van der Waals surface area contributed by atoms with E-state index in [0.29, 0.717) is 13.0 Å². The molecular weight excluding hydrogens is 264 g/mol. The minimum atomic E-state index is 0.0647. The summed E-state index contributed by atoms with van der Waals surface area (Å²) in [6.45, 7) is 7.55. The molecule has 0 aliphatic rings. The summed E-state index contributed by atoms with van der Waals surface area (Å²) in [6, 6.07) is 3.81. The Bertz CT molecular complexity index is 604. The highest BCUT2D eigenvalue weighted by molar-refractivity contribution is 5.76. The molecular formula is C16H22N4O. The van der Waals surface area contributed by atoms with Crippen LogP contribution >= 0.6 is 0 Å². The number of rotatable bonds is 6. The lowest BCUT2D eigenvalue weighted by atomic mass is 10.1. The van der Waals surface area contributed by atoms with Crippen molar-refractivity contribution in [3.8, 4) is 0 Å². The Balaban J connectivity index is 1.85.